The molecule has 1 amide bonds. The van der Waals surface area contributed by atoms with Gasteiger partial charge in [-0.3, -0.25) is 4.79 Å². The Hall–Kier alpha value is -1.55. The lowest BCUT2D eigenvalue weighted by molar-refractivity contribution is -0.120. The SMILES string of the molecule is CCOc1ccc(CCNC(=O)CNC)cc1. The molecule has 0 radical (unpaired) electrons. The van der Waals surface area contributed by atoms with Crippen molar-refractivity contribution >= 4 is 5.91 Å². The maximum atomic E-state index is 11.2. The van der Waals surface area contributed by atoms with E-state index in [0.717, 1.165) is 12.2 Å². The van der Waals surface area contributed by atoms with E-state index >= 15 is 0 Å². The Morgan fingerprint density at radius 2 is 2.00 bits per heavy atom. The molecule has 0 aliphatic rings. The van der Waals surface area contributed by atoms with Crippen LogP contribution in [0.5, 0.6) is 5.75 Å². The topological polar surface area (TPSA) is 50.4 Å². The van der Waals surface area contributed by atoms with Crippen molar-refractivity contribution in [2.24, 2.45) is 0 Å². The van der Waals surface area contributed by atoms with Crippen molar-refractivity contribution in [3.05, 3.63) is 29.8 Å². The van der Waals surface area contributed by atoms with Crippen molar-refractivity contribution in [1.29, 1.82) is 0 Å². The number of likely N-dealkylation sites (N-methyl/N-ethyl adjacent to an activating group) is 1. The Balaban J connectivity index is 2.29. The van der Waals surface area contributed by atoms with Gasteiger partial charge in [-0.15, -0.1) is 0 Å². The smallest absolute Gasteiger partial charge is 0.233 e. The average molecular weight is 236 g/mol. The lowest BCUT2D eigenvalue weighted by Crippen LogP contribution is -2.33. The molecule has 94 valence electrons. The van der Waals surface area contributed by atoms with Gasteiger partial charge in [-0.2, -0.15) is 0 Å². The molecule has 0 aliphatic carbocycles. The van der Waals surface area contributed by atoms with E-state index in [4.69, 9.17) is 4.74 Å². The molecule has 4 heteroatoms. The molecule has 0 heterocycles. The molecule has 0 fully saturated rings. The molecule has 17 heavy (non-hydrogen) atoms. The molecule has 4 nitrogen and oxygen atoms in total. The van der Waals surface area contributed by atoms with Crippen molar-refractivity contribution in [2.45, 2.75) is 13.3 Å². The molecule has 1 aromatic rings. The summed E-state index contributed by atoms with van der Waals surface area (Å²) < 4.78 is 5.36. The molecule has 0 aliphatic heterocycles. The van der Waals surface area contributed by atoms with Gasteiger partial charge < -0.3 is 15.4 Å². The molecule has 0 saturated heterocycles. The predicted molar refractivity (Wildman–Crippen MR) is 68.3 cm³/mol. The van der Waals surface area contributed by atoms with Crippen molar-refractivity contribution in [1.82, 2.24) is 10.6 Å². The number of carbonyl (C=O) groups is 1. The zero-order valence-corrected chi connectivity index (χ0v) is 10.5. The van der Waals surface area contributed by atoms with Crippen molar-refractivity contribution < 1.29 is 9.53 Å². The molecule has 0 aromatic heterocycles. The standard InChI is InChI=1S/C13H20N2O2/c1-3-17-12-6-4-11(5-7-12)8-9-15-13(16)10-14-2/h4-7,14H,3,8-10H2,1-2H3,(H,15,16). The minimum Gasteiger partial charge on any atom is -0.494 e. The number of amides is 1. The predicted octanol–water partition coefficient (Wildman–Crippen LogP) is 0.963. The van der Waals surface area contributed by atoms with E-state index in [0.29, 0.717) is 19.7 Å². The third-order valence-electron chi connectivity index (χ3n) is 2.31. The van der Waals surface area contributed by atoms with Gasteiger partial charge in [0, 0.05) is 6.54 Å². The van der Waals surface area contributed by atoms with E-state index in [-0.39, 0.29) is 5.91 Å². The molecule has 0 spiro atoms. The van der Waals surface area contributed by atoms with Crippen molar-refractivity contribution in [3.8, 4) is 5.75 Å². The van der Waals surface area contributed by atoms with E-state index < -0.39 is 0 Å². The zero-order chi connectivity index (χ0) is 12.5. The quantitative estimate of drug-likeness (QED) is 0.741. The van der Waals surface area contributed by atoms with Gasteiger partial charge in [0.1, 0.15) is 5.75 Å². The Labute approximate surface area is 102 Å². The number of hydrogen-bond donors (Lipinski definition) is 2. The van der Waals surface area contributed by atoms with Gasteiger partial charge in [0.05, 0.1) is 13.2 Å². The Morgan fingerprint density at radius 3 is 2.59 bits per heavy atom. The van der Waals surface area contributed by atoms with Gasteiger partial charge in [-0.1, -0.05) is 12.1 Å². The fraction of sp³-hybridized carbons (Fsp3) is 0.462. The molecular weight excluding hydrogens is 216 g/mol. The highest BCUT2D eigenvalue weighted by molar-refractivity contribution is 5.77. The maximum Gasteiger partial charge on any atom is 0.233 e. The van der Waals surface area contributed by atoms with Crippen LogP contribution in [0.15, 0.2) is 24.3 Å². The first kappa shape index (κ1) is 13.5. The van der Waals surface area contributed by atoms with Crippen LogP contribution < -0.4 is 15.4 Å². The summed E-state index contributed by atoms with van der Waals surface area (Å²) in [6.45, 7) is 3.67. The highest BCUT2D eigenvalue weighted by Gasteiger charge is 1.99. The largest absolute Gasteiger partial charge is 0.494 e. The highest BCUT2D eigenvalue weighted by atomic mass is 16.5. The van der Waals surface area contributed by atoms with Gasteiger partial charge >= 0.3 is 0 Å². The molecule has 0 unspecified atom stereocenters. The number of nitrogens with one attached hydrogen (secondary N) is 2. The number of carbonyl (C=O) groups excluding carboxylic acids is 1. The summed E-state index contributed by atoms with van der Waals surface area (Å²) in [5.41, 5.74) is 1.19. The number of rotatable bonds is 7. The van der Waals surface area contributed by atoms with Crippen LogP contribution in [-0.4, -0.2) is 32.7 Å². The second-order valence-electron chi connectivity index (χ2n) is 3.71. The van der Waals surface area contributed by atoms with Crippen LogP contribution in [0.25, 0.3) is 0 Å². The van der Waals surface area contributed by atoms with Gasteiger partial charge in [0.25, 0.3) is 0 Å². The summed E-state index contributed by atoms with van der Waals surface area (Å²) in [5.74, 6) is 0.911. The van der Waals surface area contributed by atoms with Crippen molar-refractivity contribution in [3.63, 3.8) is 0 Å². The van der Waals surface area contributed by atoms with Crippen LogP contribution >= 0.6 is 0 Å². The van der Waals surface area contributed by atoms with Crippen LogP contribution in [0.1, 0.15) is 12.5 Å². The monoisotopic (exact) mass is 236 g/mol. The average Bonchev–Trinajstić information content (AvgIpc) is 2.32. The summed E-state index contributed by atoms with van der Waals surface area (Å²) in [6, 6.07) is 7.95. The fourth-order valence-electron chi connectivity index (χ4n) is 1.49. The van der Waals surface area contributed by atoms with Gasteiger partial charge in [-0.25, -0.2) is 0 Å². The second-order valence-corrected chi connectivity index (χ2v) is 3.71. The molecule has 1 rings (SSSR count). The van der Waals surface area contributed by atoms with E-state index in [9.17, 15) is 4.79 Å². The van der Waals surface area contributed by atoms with Crippen LogP contribution in [0.2, 0.25) is 0 Å². The van der Waals surface area contributed by atoms with E-state index in [1.54, 1.807) is 7.05 Å². The summed E-state index contributed by atoms with van der Waals surface area (Å²) in [6.07, 6.45) is 0.835. The van der Waals surface area contributed by atoms with E-state index in [1.807, 2.05) is 31.2 Å². The summed E-state index contributed by atoms with van der Waals surface area (Å²) in [5, 5.41) is 5.65. The van der Waals surface area contributed by atoms with Gasteiger partial charge in [-0.05, 0) is 38.1 Å². The first-order valence-electron chi connectivity index (χ1n) is 5.89. The maximum absolute atomic E-state index is 11.2. The van der Waals surface area contributed by atoms with E-state index in [1.165, 1.54) is 5.56 Å². The third-order valence-corrected chi connectivity index (χ3v) is 2.31. The lowest BCUT2D eigenvalue weighted by Gasteiger charge is -2.06. The second kappa shape index (κ2) is 7.68. The van der Waals surface area contributed by atoms with Gasteiger partial charge in [0.15, 0.2) is 0 Å². The fourth-order valence-corrected chi connectivity index (χ4v) is 1.49. The Bertz CT molecular complexity index is 336. The zero-order valence-electron chi connectivity index (χ0n) is 10.5. The van der Waals surface area contributed by atoms with Crippen molar-refractivity contribution in [2.75, 3.05) is 26.7 Å². The minimum absolute atomic E-state index is 0.0263. The van der Waals surface area contributed by atoms with Gasteiger partial charge in [0.2, 0.25) is 5.91 Å². The molecular formula is C13H20N2O2. The number of benzene rings is 1. The summed E-state index contributed by atoms with van der Waals surface area (Å²) in [4.78, 5) is 11.2. The first-order valence-corrected chi connectivity index (χ1v) is 5.89. The molecule has 0 saturated carbocycles. The Morgan fingerprint density at radius 1 is 1.29 bits per heavy atom. The summed E-state index contributed by atoms with van der Waals surface area (Å²) in [7, 11) is 1.76. The molecule has 2 N–H and O–H groups in total. The number of hydrogen-bond acceptors (Lipinski definition) is 3. The lowest BCUT2D eigenvalue weighted by atomic mass is 10.1. The first-order chi connectivity index (χ1) is 8.26. The van der Waals surface area contributed by atoms with Crippen LogP contribution in [0, 0.1) is 0 Å². The normalized spacial score (nSPS) is 10.0. The summed E-state index contributed by atoms with van der Waals surface area (Å²) >= 11 is 0. The number of ether oxygens (including phenoxy) is 1. The molecule has 0 bridgehead atoms. The third kappa shape index (κ3) is 5.36. The molecule has 1 aromatic carbocycles. The Kier molecular flexibility index (Phi) is 6.10. The van der Waals surface area contributed by atoms with Crippen LogP contribution in [0.3, 0.4) is 0 Å². The van der Waals surface area contributed by atoms with Crippen LogP contribution in [0.4, 0.5) is 0 Å². The minimum atomic E-state index is 0.0263. The van der Waals surface area contributed by atoms with E-state index in [2.05, 4.69) is 10.6 Å². The molecule has 0 atom stereocenters. The van der Waals surface area contributed by atoms with Crippen LogP contribution in [-0.2, 0) is 11.2 Å². The highest BCUT2D eigenvalue weighted by Crippen LogP contribution is 2.12.